The highest BCUT2D eigenvalue weighted by Gasteiger charge is 2.12. The molecule has 4 nitrogen and oxygen atoms in total. The fourth-order valence-corrected chi connectivity index (χ4v) is 2.45. The lowest BCUT2D eigenvalue weighted by atomic mass is 9.97. The van der Waals surface area contributed by atoms with E-state index in [1.165, 1.54) is 6.07 Å². The van der Waals surface area contributed by atoms with Crippen LogP contribution in [0.15, 0.2) is 51.9 Å². The molecule has 25 heavy (non-hydrogen) atoms. The van der Waals surface area contributed by atoms with E-state index in [0.29, 0.717) is 23.8 Å². The summed E-state index contributed by atoms with van der Waals surface area (Å²) >= 11 is 3.35. The zero-order valence-corrected chi connectivity index (χ0v) is 16.2. The van der Waals surface area contributed by atoms with Gasteiger partial charge in [-0.15, -0.1) is 0 Å². The third-order valence-electron chi connectivity index (χ3n) is 3.31. The molecule has 0 aliphatic rings. The van der Waals surface area contributed by atoms with Crippen molar-refractivity contribution in [3.8, 4) is 5.75 Å². The zero-order chi connectivity index (χ0) is 18.4. The molecule has 0 spiro atoms. The van der Waals surface area contributed by atoms with Crippen molar-refractivity contribution in [2.24, 2.45) is 10.4 Å². The number of rotatable bonds is 4. The maximum atomic E-state index is 13.9. The van der Waals surface area contributed by atoms with Crippen molar-refractivity contribution in [2.75, 3.05) is 11.9 Å². The number of hydrogen-bond donors (Lipinski definition) is 3. The van der Waals surface area contributed by atoms with Crippen LogP contribution in [0.5, 0.6) is 5.75 Å². The molecule has 0 aliphatic carbocycles. The molecule has 3 N–H and O–H groups in total. The van der Waals surface area contributed by atoms with Crippen molar-refractivity contribution in [3.05, 3.63) is 58.3 Å². The molecule has 0 aromatic heterocycles. The lowest BCUT2D eigenvalue weighted by Gasteiger charge is -2.21. The molecule has 0 amide bonds. The van der Waals surface area contributed by atoms with Gasteiger partial charge in [0.25, 0.3) is 0 Å². The van der Waals surface area contributed by atoms with Crippen molar-refractivity contribution in [2.45, 2.75) is 27.3 Å². The van der Waals surface area contributed by atoms with Gasteiger partial charge >= 0.3 is 0 Å². The van der Waals surface area contributed by atoms with Crippen LogP contribution in [0.2, 0.25) is 0 Å². The Hall–Kier alpha value is -2.08. The van der Waals surface area contributed by atoms with Gasteiger partial charge in [0.05, 0.1) is 6.54 Å². The highest BCUT2D eigenvalue weighted by Crippen LogP contribution is 2.18. The highest BCUT2D eigenvalue weighted by atomic mass is 79.9. The maximum absolute atomic E-state index is 13.9. The Morgan fingerprint density at radius 2 is 1.96 bits per heavy atom. The first kappa shape index (κ1) is 19.2. The summed E-state index contributed by atoms with van der Waals surface area (Å²) in [7, 11) is 0. The zero-order valence-electron chi connectivity index (χ0n) is 14.6. The molecule has 2 aromatic carbocycles. The minimum Gasteiger partial charge on any atom is -0.508 e. The molecular formula is C19H23BrFN3O. The van der Waals surface area contributed by atoms with Gasteiger partial charge in [-0.1, -0.05) is 42.8 Å². The molecule has 2 rings (SSSR count). The Morgan fingerprint density at radius 1 is 1.20 bits per heavy atom. The summed E-state index contributed by atoms with van der Waals surface area (Å²) in [5, 5.41) is 16.0. The summed E-state index contributed by atoms with van der Waals surface area (Å²) in [5.41, 5.74) is 1.26. The number of phenols is 1. The molecule has 2 aromatic rings. The molecule has 0 saturated heterocycles. The molecule has 0 aliphatic heterocycles. The van der Waals surface area contributed by atoms with Gasteiger partial charge in [0.15, 0.2) is 5.96 Å². The first-order valence-electron chi connectivity index (χ1n) is 8.01. The molecular weight excluding hydrogens is 385 g/mol. The van der Waals surface area contributed by atoms with Gasteiger partial charge in [-0.3, -0.25) is 0 Å². The van der Waals surface area contributed by atoms with Crippen LogP contribution in [0, 0.1) is 11.2 Å². The van der Waals surface area contributed by atoms with Crippen molar-refractivity contribution in [1.82, 2.24) is 5.32 Å². The Kier molecular flexibility index (Phi) is 6.42. The Balaban J connectivity index is 2.19. The maximum Gasteiger partial charge on any atom is 0.196 e. The minimum absolute atomic E-state index is 0.0578. The second-order valence-electron chi connectivity index (χ2n) is 6.99. The highest BCUT2D eigenvalue weighted by molar-refractivity contribution is 9.10. The summed E-state index contributed by atoms with van der Waals surface area (Å²) < 4.78 is 14.7. The Morgan fingerprint density at radius 3 is 2.64 bits per heavy atom. The molecule has 6 heteroatoms. The molecule has 134 valence electrons. The van der Waals surface area contributed by atoms with Crippen molar-refractivity contribution >= 4 is 27.6 Å². The number of halogens is 2. The summed E-state index contributed by atoms with van der Waals surface area (Å²) in [5.74, 6) is 0.401. The van der Waals surface area contributed by atoms with E-state index in [9.17, 15) is 9.50 Å². The number of guanidine groups is 1. The summed E-state index contributed by atoms with van der Waals surface area (Å²) in [6, 6.07) is 11.6. The lowest BCUT2D eigenvalue weighted by molar-refractivity contribution is 0.408. The largest absolute Gasteiger partial charge is 0.508 e. The normalized spacial score (nSPS) is 12.1. The van der Waals surface area contributed by atoms with E-state index >= 15 is 0 Å². The summed E-state index contributed by atoms with van der Waals surface area (Å²) in [6.07, 6.45) is 0. The minimum atomic E-state index is -0.292. The van der Waals surface area contributed by atoms with Gasteiger partial charge < -0.3 is 15.7 Å². The van der Waals surface area contributed by atoms with E-state index in [1.807, 2.05) is 6.07 Å². The topological polar surface area (TPSA) is 56.7 Å². The third kappa shape index (κ3) is 6.74. The number of phenolic OH excluding ortho intramolecular Hbond substituents is 1. The lowest BCUT2D eigenvalue weighted by Crippen LogP contribution is -2.37. The van der Waals surface area contributed by atoms with E-state index in [-0.39, 0.29) is 23.5 Å². The number of hydrogen-bond acceptors (Lipinski definition) is 2. The van der Waals surface area contributed by atoms with Gasteiger partial charge in [0.2, 0.25) is 0 Å². The Labute approximate surface area is 156 Å². The van der Waals surface area contributed by atoms with E-state index in [4.69, 9.17) is 0 Å². The predicted octanol–water partition coefficient (Wildman–Crippen LogP) is 4.90. The number of benzene rings is 2. The number of aromatic hydroxyl groups is 1. The SMILES string of the molecule is CC(C)(C)CNC(=NCc1cc(Br)ccc1F)Nc1cccc(O)c1. The van der Waals surface area contributed by atoms with Crippen LogP contribution in [0.1, 0.15) is 26.3 Å². The number of nitrogens with one attached hydrogen (secondary N) is 2. The fourth-order valence-electron chi connectivity index (χ4n) is 2.04. The molecule has 0 bridgehead atoms. The standard InChI is InChI=1S/C19H23BrFN3O/c1-19(2,3)12-23-18(24-15-5-4-6-16(25)10-15)22-11-13-9-14(20)7-8-17(13)21/h4-10,25H,11-12H2,1-3H3,(H2,22,23,24). The van der Waals surface area contributed by atoms with E-state index in [2.05, 4.69) is 52.3 Å². The Bertz CT molecular complexity index is 757. The van der Waals surface area contributed by atoms with Gasteiger partial charge in [-0.05, 0) is 35.7 Å². The first-order chi connectivity index (χ1) is 11.7. The van der Waals surface area contributed by atoms with Crippen molar-refractivity contribution in [3.63, 3.8) is 0 Å². The van der Waals surface area contributed by atoms with Crippen LogP contribution >= 0.6 is 15.9 Å². The van der Waals surface area contributed by atoms with Crippen molar-refractivity contribution in [1.29, 1.82) is 0 Å². The van der Waals surface area contributed by atoms with E-state index in [1.54, 1.807) is 30.3 Å². The van der Waals surface area contributed by atoms with Crippen LogP contribution in [0.4, 0.5) is 10.1 Å². The molecule has 0 fully saturated rings. The molecule has 0 heterocycles. The van der Waals surface area contributed by atoms with Crippen LogP contribution in [-0.4, -0.2) is 17.6 Å². The van der Waals surface area contributed by atoms with Crippen LogP contribution < -0.4 is 10.6 Å². The van der Waals surface area contributed by atoms with E-state index in [0.717, 1.165) is 4.47 Å². The smallest absolute Gasteiger partial charge is 0.196 e. The molecule has 0 saturated carbocycles. The quantitative estimate of drug-likeness (QED) is 0.499. The summed E-state index contributed by atoms with van der Waals surface area (Å²) in [6.45, 7) is 7.22. The average molecular weight is 408 g/mol. The van der Waals surface area contributed by atoms with Crippen LogP contribution in [-0.2, 0) is 6.54 Å². The molecule has 0 radical (unpaired) electrons. The van der Waals surface area contributed by atoms with Gasteiger partial charge in [-0.25, -0.2) is 9.38 Å². The fraction of sp³-hybridized carbons (Fsp3) is 0.316. The number of aliphatic imine (C=N–C) groups is 1. The van der Waals surface area contributed by atoms with Crippen LogP contribution in [0.3, 0.4) is 0 Å². The third-order valence-corrected chi connectivity index (χ3v) is 3.80. The van der Waals surface area contributed by atoms with Crippen LogP contribution in [0.25, 0.3) is 0 Å². The average Bonchev–Trinajstić information content (AvgIpc) is 2.52. The number of nitrogens with zero attached hydrogens (tertiary/aromatic N) is 1. The van der Waals surface area contributed by atoms with Gasteiger partial charge in [0.1, 0.15) is 11.6 Å². The van der Waals surface area contributed by atoms with Gasteiger partial charge in [-0.2, -0.15) is 0 Å². The molecule has 0 atom stereocenters. The monoisotopic (exact) mass is 407 g/mol. The first-order valence-corrected chi connectivity index (χ1v) is 8.80. The summed E-state index contributed by atoms with van der Waals surface area (Å²) in [4.78, 5) is 4.48. The van der Waals surface area contributed by atoms with E-state index < -0.39 is 0 Å². The van der Waals surface area contributed by atoms with Crippen molar-refractivity contribution < 1.29 is 9.50 Å². The molecule has 0 unspecified atom stereocenters. The second-order valence-corrected chi connectivity index (χ2v) is 7.91. The van der Waals surface area contributed by atoms with Gasteiger partial charge in [0, 0.05) is 28.3 Å². The number of anilines is 1. The predicted molar refractivity (Wildman–Crippen MR) is 104 cm³/mol. The second kappa shape index (κ2) is 8.34.